The quantitative estimate of drug-likeness (QED) is 0.728. The smallest absolute Gasteiger partial charge is 0.188 e. The van der Waals surface area contributed by atoms with E-state index in [0.717, 1.165) is 34.4 Å². The Morgan fingerprint density at radius 2 is 1.88 bits per heavy atom. The minimum atomic E-state index is 0.00384. The van der Waals surface area contributed by atoms with Crippen LogP contribution in [0.15, 0.2) is 30.3 Å². The van der Waals surface area contributed by atoms with Gasteiger partial charge in [0.25, 0.3) is 0 Å². The van der Waals surface area contributed by atoms with E-state index in [1.807, 2.05) is 25.1 Å². The number of aliphatic hydroxyl groups excluding tert-OH is 1. The van der Waals surface area contributed by atoms with Crippen LogP contribution in [0.2, 0.25) is 5.02 Å². The van der Waals surface area contributed by atoms with E-state index < -0.39 is 0 Å². The maximum Gasteiger partial charge on any atom is 0.188 e. The van der Waals surface area contributed by atoms with Crippen LogP contribution in [-0.4, -0.2) is 19.0 Å². The van der Waals surface area contributed by atoms with E-state index in [-0.39, 0.29) is 13.4 Å². The fourth-order valence-electron chi connectivity index (χ4n) is 2.78. The molecule has 130 valence electrons. The van der Waals surface area contributed by atoms with Crippen molar-refractivity contribution in [3.63, 3.8) is 0 Å². The summed E-state index contributed by atoms with van der Waals surface area (Å²) in [5.41, 5.74) is 5.37. The molecule has 0 fully saturated rings. The Kier molecular flexibility index (Phi) is 6.67. The largest absolute Gasteiger partial charge is 0.467 e. The molecule has 2 rings (SSSR count). The van der Waals surface area contributed by atoms with Gasteiger partial charge in [-0.1, -0.05) is 43.6 Å². The number of rotatable bonds is 7. The molecule has 0 aliphatic heterocycles. The summed E-state index contributed by atoms with van der Waals surface area (Å²) < 4.78 is 10.7. The molecule has 0 saturated carbocycles. The predicted octanol–water partition coefficient (Wildman–Crippen LogP) is 4.84. The molecule has 2 aromatic rings. The van der Waals surface area contributed by atoms with E-state index in [4.69, 9.17) is 21.1 Å². The number of hydrogen-bond donors (Lipinski definition) is 1. The molecule has 0 heterocycles. The number of ether oxygens (including phenoxy) is 2. The molecule has 0 amide bonds. The number of aryl methyl sites for hydroxylation is 1. The Balaban J connectivity index is 2.32. The van der Waals surface area contributed by atoms with E-state index in [2.05, 4.69) is 26.0 Å². The van der Waals surface area contributed by atoms with Gasteiger partial charge in [0, 0.05) is 12.1 Å². The Morgan fingerprint density at radius 1 is 1.12 bits per heavy atom. The molecular weight excluding hydrogens is 324 g/mol. The first-order valence-corrected chi connectivity index (χ1v) is 8.47. The third kappa shape index (κ3) is 4.50. The second-order valence-electron chi connectivity index (χ2n) is 6.29. The van der Waals surface area contributed by atoms with Crippen LogP contribution in [0.5, 0.6) is 5.75 Å². The van der Waals surface area contributed by atoms with Crippen molar-refractivity contribution >= 4 is 11.6 Å². The van der Waals surface area contributed by atoms with Crippen molar-refractivity contribution in [2.75, 3.05) is 13.9 Å². The summed E-state index contributed by atoms with van der Waals surface area (Å²) in [7, 11) is 1.62. The van der Waals surface area contributed by atoms with E-state index in [1.165, 1.54) is 5.56 Å². The zero-order chi connectivity index (χ0) is 17.7. The highest BCUT2D eigenvalue weighted by atomic mass is 35.5. The average Bonchev–Trinajstić information content (AvgIpc) is 2.56. The van der Waals surface area contributed by atoms with E-state index in [9.17, 15) is 5.11 Å². The van der Waals surface area contributed by atoms with Crippen molar-refractivity contribution in [1.29, 1.82) is 0 Å². The Bertz CT molecular complexity index is 672. The summed E-state index contributed by atoms with van der Waals surface area (Å²) >= 11 is 6.41. The van der Waals surface area contributed by atoms with Gasteiger partial charge in [-0.15, -0.1) is 0 Å². The number of benzene rings is 2. The molecular formula is C20H25ClO3. The molecule has 0 radical (unpaired) electrons. The molecule has 0 bridgehead atoms. The van der Waals surface area contributed by atoms with Gasteiger partial charge in [-0.3, -0.25) is 0 Å². The lowest BCUT2D eigenvalue weighted by atomic mass is 9.94. The Hall–Kier alpha value is -1.55. The first-order chi connectivity index (χ1) is 11.5. The van der Waals surface area contributed by atoms with Crippen molar-refractivity contribution in [2.45, 2.75) is 39.7 Å². The molecule has 3 nitrogen and oxygen atoms in total. The SMILES string of the molecule is COCOc1ccc(Cc2c(C)cc(CO)cc2Cl)cc1C(C)C. The van der Waals surface area contributed by atoms with Gasteiger partial charge in [0.2, 0.25) is 0 Å². The van der Waals surface area contributed by atoms with Crippen molar-refractivity contribution in [3.8, 4) is 5.75 Å². The van der Waals surface area contributed by atoms with Crippen LogP contribution in [0, 0.1) is 6.92 Å². The summed E-state index contributed by atoms with van der Waals surface area (Å²) in [5.74, 6) is 1.21. The highest BCUT2D eigenvalue weighted by molar-refractivity contribution is 6.31. The van der Waals surface area contributed by atoms with E-state index >= 15 is 0 Å². The van der Waals surface area contributed by atoms with Crippen LogP contribution in [-0.2, 0) is 17.8 Å². The molecule has 0 unspecified atom stereocenters. The zero-order valence-electron chi connectivity index (χ0n) is 14.7. The van der Waals surface area contributed by atoms with E-state index in [1.54, 1.807) is 7.11 Å². The lowest BCUT2D eigenvalue weighted by molar-refractivity contribution is 0.0502. The summed E-state index contributed by atoms with van der Waals surface area (Å²) in [4.78, 5) is 0. The third-order valence-corrected chi connectivity index (χ3v) is 4.41. The molecule has 0 atom stereocenters. The van der Waals surface area contributed by atoms with Gasteiger partial charge in [-0.05, 0) is 59.2 Å². The molecule has 1 N–H and O–H groups in total. The van der Waals surface area contributed by atoms with Crippen LogP contribution in [0.1, 0.15) is 47.6 Å². The van der Waals surface area contributed by atoms with Gasteiger partial charge in [0.05, 0.1) is 6.61 Å². The lowest BCUT2D eigenvalue weighted by Gasteiger charge is -2.16. The number of aliphatic hydroxyl groups is 1. The molecule has 0 aliphatic carbocycles. The molecule has 24 heavy (non-hydrogen) atoms. The second kappa shape index (κ2) is 8.52. The van der Waals surface area contributed by atoms with Crippen molar-refractivity contribution in [3.05, 3.63) is 63.2 Å². The third-order valence-electron chi connectivity index (χ3n) is 4.07. The summed E-state index contributed by atoms with van der Waals surface area (Å²) in [6, 6.07) is 10.1. The topological polar surface area (TPSA) is 38.7 Å². The van der Waals surface area contributed by atoms with Crippen LogP contribution in [0.25, 0.3) is 0 Å². The predicted molar refractivity (Wildman–Crippen MR) is 98.0 cm³/mol. The van der Waals surface area contributed by atoms with Crippen LogP contribution in [0.4, 0.5) is 0 Å². The molecule has 4 heteroatoms. The van der Waals surface area contributed by atoms with Crippen molar-refractivity contribution < 1.29 is 14.6 Å². The molecule has 0 aromatic heterocycles. The van der Waals surface area contributed by atoms with Gasteiger partial charge in [-0.25, -0.2) is 0 Å². The van der Waals surface area contributed by atoms with Crippen molar-refractivity contribution in [1.82, 2.24) is 0 Å². The Morgan fingerprint density at radius 3 is 2.46 bits per heavy atom. The molecule has 2 aromatic carbocycles. The normalized spacial score (nSPS) is 11.1. The standard InChI is InChI=1S/C20H25ClO3/c1-13(2)17-8-15(5-6-20(17)24-12-23-4)9-18-14(3)7-16(11-22)10-19(18)21/h5-8,10,13,22H,9,11-12H2,1-4H3. The van der Waals surface area contributed by atoms with Gasteiger partial charge in [-0.2, -0.15) is 0 Å². The lowest BCUT2D eigenvalue weighted by Crippen LogP contribution is -2.04. The monoisotopic (exact) mass is 348 g/mol. The maximum absolute atomic E-state index is 9.28. The zero-order valence-corrected chi connectivity index (χ0v) is 15.5. The number of methoxy groups -OCH3 is 1. The van der Waals surface area contributed by atoms with Gasteiger partial charge < -0.3 is 14.6 Å². The van der Waals surface area contributed by atoms with Crippen LogP contribution < -0.4 is 4.74 Å². The minimum absolute atomic E-state index is 0.00384. The molecule has 0 spiro atoms. The maximum atomic E-state index is 9.28. The van der Waals surface area contributed by atoms with Gasteiger partial charge in [0.15, 0.2) is 6.79 Å². The average molecular weight is 349 g/mol. The van der Waals surface area contributed by atoms with Crippen molar-refractivity contribution in [2.24, 2.45) is 0 Å². The fourth-order valence-corrected chi connectivity index (χ4v) is 3.13. The van der Waals surface area contributed by atoms with Crippen LogP contribution in [0.3, 0.4) is 0 Å². The van der Waals surface area contributed by atoms with E-state index in [0.29, 0.717) is 10.9 Å². The summed E-state index contributed by atoms with van der Waals surface area (Å²) in [6.45, 7) is 6.57. The van der Waals surface area contributed by atoms with Gasteiger partial charge >= 0.3 is 0 Å². The Labute approximate surface area is 149 Å². The minimum Gasteiger partial charge on any atom is -0.467 e. The molecule has 0 aliphatic rings. The molecule has 0 saturated heterocycles. The highest BCUT2D eigenvalue weighted by Gasteiger charge is 2.12. The van der Waals surface area contributed by atoms with Crippen LogP contribution >= 0.6 is 11.6 Å². The number of hydrogen-bond acceptors (Lipinski definition) is 3. The number of halogens is 1. The second-order valence-corrected chi connectivity index (χ2v) is 6.69. The summed E-state index contributed by atoms with van der Waals surface area (Å²) in [6.07, 6.45) is 0.751. The summed E-state index contributed by atoms with van der Waals surface area (Å²) in [5, 5.41) is 9.98. The first kappa shape index (κ1) is 18.8. The highest BCUT2D eigenvalue weighted by Crippen LogP contribution is 2.30. The fraction of sp³-hybridized carbons (Fsp3) is 0.400. The first-order valence-electron chi connectivity index (χ1n) is 8.09. The van der Waals surface area contributed by atoms with Gasteiger partial charge in [0.1, 0.15) is 5.75 Å².